The predicted molar refractivity (Wildman–Crippen MR) is 87.6 cm³/mol. The molecule has 1 N–H and O–H groups in total. The minimum atomic E-state index is -0.971. The topological polar surface area (TPSA) is 68.5 Å². The molecule has 0 fully saturated rings. The number of benzene rings is 1. The summed E-state index contributed by atoms with van der Waals surface area (Å²) < 4.78 is 6.88. The molecule has 22 heavy (non-hydrogen) atoms. The SMILES string of the molecule is CC(C)(C)OC(=O)n1c(C[C@H](Br)C(=O)O)cc2ccccc21. The number of carbonyl (C=O) groups is 2. The quantitative estimate of drug-likeness (QED) is 0.837. The van der Waals surface area contributed by atoms with E-state index in [0.29, 0.717) is 11.2 Å². The van der Waals surface area contributed by atoms with Crippen LogP contribution in [0.3, 0.4) is 0 Å². The normalized spacial score (nSPS) is 13.1. The molecule has 0 amide bonds. The first-order valence-corrected chi connectivity index (χ1v) is 7.80. The third kappa shape index (κ3) is 3.68. The van der Waals surface area contributed by atoms with Crippen molar-refractivity contribution in [3.8, 4) is 0 Å². The van der Waals surface area contributed by atoms with Gasteiger partial charge in [-0.15, -0.1) is 0 Å². The summed E-state index contributed by atoms with van der Waals surface area (Å²) in [5, 5.41) is 9.93. The zero-order valence-corrected chi connectivity index (χ0v) is 14.3. The van der Waals surface area contributed by atoms with Crippen LogP contribution in [-0.2, 0) is 16.0 Å². The second-order valence-electron chi connectivity index (χ2n) is 6.02. The highest BCUT2D eigenvalue weighted by Gasteiger charge is 2.24. The average molecular weight is 368 g/mol. The first-order chi connectivity index (χ1) is 10.2. The van der Waals surface area contributed by atoms with Crippen LogP contribution in [-0.4, -0.2) is 32.2 Å². The molecule has 0 bridgehead atoms. The summed E-state index contributed by atoms with van der Waals surface area (Å²) in [6.45, 7) is 5.38. The Hall–Kier alpha value is -1.82. The van der Waals surface area contributed by atoms with Crippen LogP contribution >= 0.6 is 15.9 Å². The molecule has 0 saturated heterocycles. The molecule has 2 rings (SSSR count). The maximum Gasteiger partial charge on any atom is 0.419 e. The van der Waals surface area contributed by atoms with Gasteiger partial charge in [-0.25, -0.2) is 9.36 Å². The molecular weight excluding hydrogens is 350 g/mol. The largest absolute Gasteiger partial charge is 0.480 e. The summed E-state index contributed by atoms with van der Waals surface area (Å²) in [6, 6.07) is 9.21. The summed E-state index contributed by atoms with van der Waals surface area (Å²) in [4.78, 5) is 22.8. The molecule has 0 spiro atoms. The van der Waals surface area contributed by atoms with E-state index in [4.69, 9.17) is 9.84 Å². The maximum absolute atomic E-state index is 12.5. The molecule has 0 aliphatic rings. The molecule has 0 radical (unpaired) electrons. The summed E-state index contributed by atoms with van der Waals surface area (Å²) in [7, 11) is 0. The average Bonchev–Trinajstić information content (AvgIpc) is 2.74. The van der Waals surface area contributed by atoms with E-state index in [1.54, 1.807) is 20.8 Å². The van der Waals surface area contributed by atoms with Crippen LogP contribution in [0.5, 0.6) is 0 Å². The van der Waals surface area contributed by atoms with Crippen molar-refractivity contribution in [3.63, 3.8) is 0 Å². The molecule has 118 valence electrons. The first-order valence-electron chi connectivity index (χ1n) is 6.88. The highest BCUT2D eigenvalue weighted by molar-refractivity contribution is 9.10. The molecule has 1 atom stereocenters. The Morgan fingerprint density at radius 1 is 1.32 bits per heavy atom. The number of carboxylic acids is 1. The van der Waals surface area contributed by atoms with Gasteiger partial charge in [-0.3, -0.25) is 4.79 Å². The third-order valence-electron chi connectivity index (χ3n) is 3.02. The van der Waals surface area contributed by atoms with E-state index in [1.165, 1.54) is 4.57 Å². The Balaban J connectivity index is 2.49. The maximum atomic E-state index is 12.5. The number of halogens is 1. The van der Waals surface area contributed by atoms with Crippen molar-refractivity contribution in [3.05, 3.63) is 36.0 Å². The van der Waals surface area contributed by atoms with Gasteiger partial charge in [-0.05, 0) is 32.9 Å². The Morgan fingerprint density at radius 2 is 1.95 bits per heavy atom. The number of nitrogens with zero attached hydrogens (tertiary/aromatic N) is 1. The third-order valence-corrected chi connectivity index (χ3v) is 3.73. The minimum absolute atomic E-state index is 0.184. The van der Waals surface area contributed by atoms with Gasteiger partial charge < -0.3 is 9.84 Å². The van der Waals surface area contributed by atoms with E-state index in [2.05, 4.69) is 15.9 Å². The van der Waals surface area contributed by atoms with Gasteiger partial charge >= 0.3 is 12.1 Å². The number of aromatic nitrogens is 1. The van der Waals surface area contributed by atoms with Crippen LogP contribution < -0.4 is 0 Å². The number of hydrogen-bond acceptors (Lipinski definition) is 3. The highest BCUT2D eigenvalue weighted by atomic mass is 79.9. The molecule has 2 aromatic rings. The zero-order valence-electron chi connectivity index (χ0n) is 12.7. The van der Waals surface area contributed by atoms with Gasteiger partial charge in [0.25, 0.3) is 0 Å². The van der Waals surface area contributed by atoms with Crippen molar-refractivity contribution in [2.75, 3.05) is 0 Å². The summed E-state index contributed by atoms with van der Waals surface area (Å²) in [5.74, 6) is -0.971. The molecular formula is C16H18BrNO4. The number of carboxylic acid groups (broad SMARTS) is 1. The summed E-state index contributed by atoms with van der Waals surface area (Å²) >= 11 is 3.12. The molecule has 5 nitrogen and oxygen atoms in total. The number of alkyl halides is 1. The van der Waals surface area contributed by atoms with Crippen LogP contribution in [0.15, 0.2) is 30.3 Å². The fraction of sp³-hybridized carbons (Fsp3) is 0.375. The van der Waals surface area contributed by atoms with E-state index in [9.17, 15) is 9.59 Å². The molecule has 0 aliphatic carbocycles. The van der Waals surface area contributed by atoms with Gasteiger partial charge in [-0.2, -0.15) is 0 Å². The fourth-order valence-corrected chi connectivity index (χ4v) is 2.49. The van der Waals surface area contributed by atoms with E-state index >= 15 is 0 Å². The second kappa shape index (κ2) is 6.12. The van der Waals surface area contributed by atoms with Crippen LogP contribution in [0.25, 0.3) is 10.9 Å². The number of carbonyl (C=O) groups excluding carboxylic acids is 1. The van der Waals surface area contributed by atoms with Crippen molar-refractivity contribution in [2.24, 2.45) is 0 Å². The van der Waals surface area contributed by atoms with Crippen LogP contribution in [0.1, 0.15) is 26.5 Å². The number of fused-ring (bicyclic) bond motifs is 1. The smallest absolute Gasteiger partial charge is 0.419 e. The van der Waals surface area contributed by atoms with E-state index in [1.807, 2.05) is 30.3 Å². The van der Waals surface area contributed by atoms with Crippen LogP contribution in [0, 0.1) is 0 Å². The van der Waals surface area contributed by atoms with Gasteiger partial charge in [0.2, 0.25) is 0 Å². The fourth-order valence-electron chi connectivity index (χ4n) is 2.16. The van der Waals surface area contributed by atoms with E-state index in [-0.39, 0.29) is 6.42 Å². The molecule has 1 heterocycles. The molecule has 6 heteroatoms. The lowest BCUT2D eigenvalue weighted by molar-refractivity contribution is -0.136. The Kier molecular flexibility index (Phi) is 4.60. The lowest BCUT2D eigenvalue weighted by Crippen LogP contribution is -2.29. The predicted octanol–water partition coefficient (Wildman–Crippen LogP) is 3.82. The molecule has 1 aromatic heterocycles. The minimum Gasteiger partial charge on any atom is -0.480 e. The molecule has 1 aromatic carbocycles. The number of ether oxygens (including phenoxy) is 1. The van der Waals surface area contributed by atoms with Gasteiger partial charge in [-0.1, -0.05) is 34.1 Å². The van der Waals surface area contributed by atoms with Crippen molar-refractivity contribution >= 4 is 38.9 Å². The molecule has 0 unspecified atom stereocenters. The lowest BCUT2D eigenvalue weighted by Gasteiger charge is -2.21. The summed E-state index contributed by atoms with van der Waals surface area (Å²) in [5.41, 5.74) is 0.678. The van der Waals surface area contributed by atoms with E-state index < -0.39 is 22.5 Å². The van der Waals surface area contributed by atoms with E-state index in [0.717, 1.165) is 5.39 Å². The number of aliphatic carboxylic acids is 1. The zero-order chi connectivity index (χ0) is 16.5. The highest BCUT2D eigenvalue weighted by Crippen LogP contribution is 2.24. The lowest BCUT2D eigenvalue weighted by atomic mass is 10.2. The van der Waals surface area contributed by atoms with Crippen molar-refractivity contribution in [2.45, 2.75) is 37.6 Å². The van der Waals surface area contributed by atoms with Crippen LogP contribution in [0.2, 0.25) is 0 Å². The number of para-hydroxylation sites is 1. The van der Waals surface area contributed by atoms with Gasteiger partial charge in [0, 0.05) is 17.5 Å². The number of rotatable bonds is 3. The summed E-state index contributed by atoms with van der Waals surface area (Å²) in [6.07, 6.45) is -0.322. The standard InChI is InChI=1S/C16H18BrNO4/c1-16(2,3)22-15(21)18-11(9-12(17)14(19)20)8-10-6-4-5-7-13(10)18/h4-8,12H,9H2,1-3H3,(H,19,20)/t12-/m0/s1. The second-order valence-corrected chi connectivity index (χ2v) is 7.13. The number of hydrogen-bond donors (Lipinski definition) is 1. The van der Waals surface area contributed by atoms with Crippen LogP contribution in [0.4, 0.5) is 4.79 Å². The Bertz CT molecular complexity index is 714. The Labute approximate surface area is 137 Å². The molecule has 0 saturated carbocycles. The monoisotopic (exact) mass is 367 g/mol. The van der Waals surface area contributed by atoms with Crippen molar-refractivity contribution in [1.29, 1.82) is 0 Å². The van der Waals surface area contributed by atoms with Crippen molar-refractivity contribution in [1.82, 2.24) is 4.57 Å². The molecule has 0 aliphatic heterocycles. The van der Waals surface area contributed by atoms with Gasteiger partial charge in [0.15, 0.2) is 0 Å². The van der Waals surface area contributed by atoms with Gasteiger partial charge in [0.05, 0.1) is 5.52 Å². The first kappa shape index (κ1) is 16.5. The van der Waals surface area contributed by atoms with Crippen molar-refractivity contribution < 1.29 is 19.4 Å². The Morgan fingerprint density at radius 3 is 2.55 bits per heavy atom. The van der Waals surface area contributed by atoms with Gasteiger partial charge in [0.1, 0.15) is 10.4 Å².